The molecule has 0 aliphatic carbocycles. The lowest BCUT2D eigenvalue weighted by Crippen LogP contribution is -2.32. The zero-order valence-electron chi connectivity index (χ0n) is 13.1. The first-order valence-corrected chi connectivity index (χ1v) is 8.19. The van der Waals surface area contributed by atoms with Crippen LogP contribution in [-0.4, -0.2) is 17.4 Å². The third-order valence-corrected chi connectivity index (χ3v) is 4.22. The predicted molar refractivity (Wildman–Crippen MR) is 94.6 cm³/mol. The van der Waals surface area contributed by atoms with Crippen LogP contribution in [0.15, 0.2) is 45.8 Å². The Balaban J connectivity index is 1.97. The summed E-state index contributed by atoms with van der Waals surface area (Å²) in [5.74, 6) is 0.190. The van der Waals surface area contributed by atoms with Gasteiger partial charge < -0.3 is 16.0 Å². The minimum absolute atomic E-state index is 0.275. The first-order valence-electron chi connectivity index (χ1n) is 7.40. The zero-order valence-corrected chi connectivity index (χ0v) is 14.7. The molecule has 0 fully saturated rings. The molecule has 1 amide bonds. The number of amides is 1. The number of aromatic amines is 1. The van der Waals surface area contributed by atoms with E-state index in [-0.39, 0.29) is 17.5 Å². The van der Waals surface area contributed by atoms with Gasteiger partial charge in [-0.15, -0.1) is 0 Å². The van der Waals surface area contributed by atoms with Crippen LogP contribution in [0.4, 0.5) is 0 Å². The molecular formula is C17H20BrN3O2. The van der Waals surface area contributed by atoms with E-state index in [2.05, 4.69) is 52.2 Å². The molecule has 1 unspecified atom stereocenters. The van der Waals surface area contributed by atoms with Crippen LogP contribution < -0.4 is 16.6 Å². The van der Waals surface area contributed by atoms with Crippen molar-refractivity contribution in [3.05, 3.63) is 68.0 Å². The Morgan fingerprint density at radius 2 is 1.87 bits per heavy atom. The number of rotatable bonds is 5. The van der Waals surface area contributed by atoms with E-state index in [4.69, 9.17) is 5.73 Å². The maximum absolute atomic E-state index is 12.1. The van der Waals surface area contributed by atoms with Gasteiger partial charge in [0.2, 0.25) is 0 Å². The summed E-state index contributed by atoms with van der Waals surface area (Å²) in [6.45, 7) is 4.59. The summed E-state index contributed by atoms with van der Waals surface area (Å²) in [6, 6.07) is 9.29. The van der Waals surface area contributed by atoms with Crippen molar-refractivity contribution in [2.24, 2.45) is 5.73 Å². The topological polar surface area (TPSA) is 88.0 Å². The molecule has 23 heavy (non-hydrogen) atoms. The van der Waals surface area contributed by atoms with E-state index in [1.54, 1.807) is 0 Å². The van der Waals surface area contributed by atoms with Crippen molar-refractivity contribution >= 4 is 21.8 Å². The molecule has 122 valence electrons. The van der Waals surface area contributed by atoms with Crippen LogP contribution in [0.25, 0.3) is 0 Å². The highest BCUT2D eigenvalue weighted by Crippen LogP contribution is 2.17. The number of H-pyrrole nitrogens is 1. The zero-order chi connectivity index (χ0) is 17.0. The fourth-order valence-corrected chi connectivity index (χ4v) is 2.50. The van der Waals surface area contributed by atoms with Crippen LogP contribution in [0.5, 0.6) is 0 Å². The number of benzene rings is 1. The predicted octanol–water partition coefficient (Wildman–Crippen LogP) is 2.69. The second-order valence-electron chi connectivity index (χ2n) is 5.70. The normalized spacial score (nSPS) is 12.2. The van der Waals surface area contributed by atoms with Gasteiger partial charge in [0.15, 0.2) is 0 Å². The van der Waals surface area contributed by atoms with Gasteiger partial charge in [-0.25, -0.2) is 0 Å². The molecule has 2 aromatic rings. The third kappa shape index (κ3) is 4.53. The number of hydrogen-bond acceptors (Lipinski definition) is 3. The number of aromatic nitrogens is 1. The van der Waals surface area contributed by atoms with Gasteiger partial charge >= 0.3 is 0 Å². The highest BCUT2D eigenvalue weighted by atomic mass is 79.9. The minimum atomic E-state index is -0.286. The highest BCUT2D eigenvalue weighted by Gasteiger charge is 2.11. The number of nitrogens with two attached hydrogens (primary N) is 1. The van der Waals surface area contributed by atoms with Crippen LogP contribution in [0.3, 0.4) is 0 Å². The minimum Gasteiger partial charge on any atom is -0.350 e. The molecule has 5 nitrogen and oxygen atoms in total. The first kappa shape index (κ1) is 17.4. The van der Waals surface area contributed by atoms with Crippen molar-refractivity contribution in [3.63, 3.8) is 0 Å². The number of hydrogen-bond donors (Lipinski definition) is 3. The fraction of sp³-hybridized carbons (Fsp3) is 0.294. The lowest BCUT2D eigenvalue weighted by atomic mass is 9.99. The quantitative estimate of drug-likeness (QED) is 0.748. The van der Waals surface area contributed by atoms with Crippen molar-refractivity contribution < 1.29 is 4.79 Å². The van der Waals surface area contributed by atoms with E-state index in [1.807, 2.05) is 12.1 Å². The molecule has 1 aromatic carbocycles. The Labute approximate surface area is 143 Å². The largest absolute Gasteiger partial charge is 0.350 e. The average Bonchev–Trinajstić information content (AvgIpc) is 2.54. The van der Waals surface area contributed by atoms with E-state index in [0.29, 0.717) is 22.5 Å². The SMILES string of the molecule is CC(C)c1ccc(C(N)CNC(=O)c2c[nH]c(=O)c(Br)c2)cc1. The van der Waals surface area contributed by atoms with Crippen LogP contribution in [0.1, 0.15) is 47.3 Å². The summed E-state index contributed by atoms with van der Waals surface area (Å²) in [7, 11) is 0. The van der Waals surface area contributed by atoms with Crippen LogP contribution >= 0.6 is 15.9 Å². The van der Waals surface area contributed by atoms with Crippen LogP contribution in [-0.2, 0) is 0 Å². The van der Waals surface area contributed by atoms with Crippen LogP contribution in [0.2, 0.25) is 0 Å². The molecule has 0 aliphatic rings. The van der Waals surface area contributed by atoms with Gasteiger partial charge in [0, 0.05) is 18.8 Å². The summed E-state index contributed by atoms with van der Waals surface area (Å²) >= 11 is 3.10. The molecule has 0 bridgehead atoms. The monoisotopic (exact) mass is 377 g/mol. The number of carbonyl (C=O) groups is 1. The first-order chi connectivity index (χ1) is 10.9. The van der Waals surface area contributed by atoms with Crippen molar-refractivity contribution in [2.45, 2.75) is 25.8 Å². The average molecular weight is 378 g/mol. The Hall–Kier alpha value is -1.92. The summed E-state index contributed by atoms with van der Waals surface area (Å²) in [4.78, 5) is 25.8. The Morgan fingerprint density at radius 3 is 2.43 bits per heavy atom. The van der Waals surface area contributed by atoms with Gasteiger partial charge in [-0.3, -0.25) is 9.59 Å². The van der Waals surface area contributed by atoms with Crippen LogP contribution in [0, 0.1) is 0 Å². The van der Waals surface area contributed by atoms with E-state index < -0.39 is 0 Å². The van der Waals surface area contributed by atoms with E-state index in [1.165, 1.54) is 17.8 Å². The molecule has 0 saturated carbocycles. The van der Waals surface area contributed by atoms with Crippen molar-refractivity contribution in [3.8, 4) is 0 Å². The summed E-state index contributed by atoms with van der Waals surface area (Å²) in [6.07, 6.45) is 1.38. The molecule has 0 spiro atoms. The number of pyridine rings is 1. The van der Waals surface area contributed by atoms with Crippen molar-refractivity contribution in [1.82, 2.24) is 10.3 Å². The molecule has 6 heteroatoms. The molecule has 0 aliphatic heterocycles. The highest BCUT2D eigenvalue weighted by molar-refractivity contribution is 9.10. The number of halogens is 1. The van der Waals surface area contributed by atoms with E-state index in [0.717, 1.165) is 5.56 Å². The Bertz CT molecular complexity index is 738. The van der Waals surface area contributed by atoms with Gasteiger partial charge in [-0.2, -0.15) is 0 Å². The second kappa shape index (κ2) is 7.57. The third-order valence-electron chi connectivity index (χ3n) is 3.63. The molecule has 1 atom stereocenters. The van der Waals surface area contributed by atoms with Crippen molar-refractivity contribution in [1.29, 1.82) is 0 Å². The molecule has 1 heterocycles. The lowest BCUT2D eigenvalue weighted by molar-refractivity contribution is 0.0950. The van der Waals surface area contributed by atoms with Gasteiger partial charge in [0.1, 0.15) is 0 Å². The Kier molecular flexibility index (Phi) is 5.74. The molecule has 2 rings (SSSR count). The maximum Gasteiger partial charge on any atom is 0.262 e. The van der Waals surface area contributed by atoms with Gasteiger partial charge in [0.25, 0.3) is 11.5 Å². The smallest absolute Gasteiger partial charge is 0.262 e. The Morgan fingerprint density at radius 1 is 1.26 bits per heavy atom. The van der Waals surface area contributed by atoms with E-state index in [9.17, 15) is 9.59 Å². The molecular weight excluding hydrogens is 358 g/mol. The summed E-state index contributed by atoms with van der Waals surface area (Å²) < 4.78 is 0.318. The molecule has 1 aromatic heterocycles. The van der Waals surface area contributed by atoms with Crippen molar-refractivity contribution in [2.75, 3.05) is 6.54 Å². The molecule has 0 radical (unpaired) electrons. The van der Waals surface area contributed by atoms with Gasteiger partial charge in [0.05, 0.1) is 10.0 Å². The van der Waals surface area contributed by atoms with E-state index >= 15 is 0 Å². The number of nitrogens with one attached hydrogen (secondary N) is 2. The fourth-order valence-electron chi connectivity index (χ4n) is 2.14. The van der Waals surface area contributed by atoms with Gasteiger partial charge in [-0.1, -0.05) is 38.1 Å². The standard InChI is InChI=1S/C17H20BrN3O2/c1-10(2)11-3-5-12(6-4-11)15(19)9-21-16(22)13-7-14(18)17(23)20-8-13/h3-8,10,15H,9,19H2,1-2H3,(H,20,23)(H,21,22). The number of carbonyl (C=O) groups excluding carboxylic acids is 1. The maximum atomic E-state index is 12.1. The summed E-state index contributed by atoms with van der Waals surface area (Å²) in [5, 5.41) is 2.77. The van der Waals surface area contributed by atoms with Gasteiger partial charge in [-0.05, 0) is 39.0 Å². The molecule has 4 N–H and O–H groups in total. The molecule has 0 saturated heterocycles. The second-order valence-corrected chi connectivity index (χ2v) is 6.56. The summed E-state index contributed by atoms with van der Waals surface area (Å²) in [5.41, 5.74) is 8.44. The lowest BCUT2D eigenvalue weighted by Gasteiger charge is -2.14.